The van der Waals surface area contributed by atoms with E-state index in [4.69, 9.17) is 0 Å². The Kier molecular flexibility index (Phi) is 3.42. The minimum absolute atomic E-state index is 0.114. The lowest BCUT2D eigenvalue weighted by molar-refractivity contribution is 0.0896. The van der Waals surface area contributed by atoms with Crippen LogP contribution in [0.25, 0.3) is 0 Å². The lowest BCUT2D eigenvalue weighted by Crippen LogP contribution is -2.32. The van der Waals surface area contributed by atoms with Crippen molar-refractivity contribution in [1.82, 2.24) is 0 Å². The van der Waals surface area contributed by atoms with Gasteiger partial charge in [0.05, 0.1) is 0 Å². The number of carbonyl (C=O) groups is 1. The summed E-state index contributed by atoms with van der Waals surface area (Å²) in [5.41, 5.74) is 0.546. The van der Waals surface area contributed by atoms with E-state index < -0.39 is 0 Å². The lowest BCUT2D eigenvalue weighted by Gasteiger charge is -2.37. The highest BCUT2D eigenvalue weighted by molar-refractivity contribution is 8.00. The molecule has 3 heteroatoms. The number of benzene rings is 1. The molecular formula is C15H17FOS. The fourth-order valence-electron chi connectivity index (χ4n) is 3.15. The predicted molar refractivity (Wildman–Crippen MR) is 72.5 cm³/mol. The van der Waals surface area contributed by atoms with Crippen molar-refractivity contribution < 1.29 is 9.18 Å². The van der Waals surface area contributed by atoms with E-state index in [9.17, 15) is 9.18 Å². The van der Waals surface area contributed by atoms with Crippen LogP contribution in [0, 0.1) is 11.7 Å². The second-order valence-corrected chi connectivity index (χ2v) is 6.96. The fraction of sp³-hybridized carbons (Fsp3) is 0.533. The first-order chi connectivity index (χ1) is 8.72. The van der Waals surface area contributed by atoms with Crippen LogP contribution in [0.1, 0.15) is 42.5 Å². The smallest absolute Gasteiger partial charge is 0.166 e. The number of thioether (sulfide) groups is 1. The third kappa shape index (κ3) is 2.46. The van der Waals surface area contributed by atoms with E-state index in [1.54, 1.807) is 12.1 Å². The first kappa shape index (κ1) is 12.2. The average molecular weight is 264 g/mol. The largest absolute Gasteiger partial charge is 0.294 e. The first-order valence-electron chi connectivity index (χ1n) is 6.67. The summed E-state index contributed by atoms with van der Waals surface area (Å²) in [5, 5.41) is 1.31. The molecule has 1 aromatic carbocycles. The molecule has 1 aromatic rings. The Labute approximate surface area is 111 Å². The minimum Gasteiger partial charge on any atom is -0.294 e. The van der Waals surface area contributed by atoms with Crippen molar-refractivity contribution in [3.05, 3.63) is 35.6 Å². The minimum atomic E-state index is -0.314. The molecule has 0 aromatic heterocycles. The molecule has 2 unspecified atom stereocenters. The molecule has 2 aliphatic rings. The number of ketones is 1. The SMILES string of the molecule is O=C(c1cccc(F)c1)C1CC2CCCC(C1)S2. The molecule has 18 heavy (non-hydrogen) atoms. The number of rotatable bonds is 2. The van der Waals surface area contributed by atoms with E-state index in [1.165, 1.54) is 31.4 Å². The van der Waals surface area contributed by atoms with Gasteiger partial charge in [-0.05, 0) is 37.8 Å². The van der Waals surface area contributed by atoms with Crippen molar-refractivity contribution in [2.45, 2.75) is 42.6 Å². The first-order valence-corrected chi connectivity index (χ1v) is 7.62. The van der Waals surface area contributed by atoms with Gasteiger partial charge < -0.3 is 0 Å². The maximum absolute atomic E-state index is 13.2. The van der Waals surface area contributed by atoms with E-state index in [1.807, 2.05) is 0 Å². The quantitative estimate of drug-likeness (QED) is 0.749. The zero-order valence-electron chi connectivity index (χ0n) is 10.3. The van der Waals surface area contributed by atoms with E-state index >= 15 is 0 Å². The molecule has 2 aliphatic heterocycles. The third-order valence-corrected chi connectivity index (χ3v) is 5.64. The van der Waals surface area contributed by atoms with E-state index in [2.05, 4.69) is 11.8 Å². The highest BCUT2D eigenvalue weighted by Gasteiger charge is 2.35. The second-order valence-electron chi connectivity index (χ2n) is 5.35. The van der Waals surface area contributed by atoms with Gasteiger partial charge in [0.15, 0.2) is 5.78 Å². The van der Waals surface area contributed by atoms with Crippen LogP contribution in [0.4, 0.5) is 4.39 Å². The molecule has 1 nitrogen and oxygen atoms in total. The molecule has 2 atom stereocenters. The number of hydrogen-bond acceptors (Lipinski definition) is 2. The van der Waals surface area contributed by atoms with Crippen molar-refractivity contribution >= 4 is 17.5 Å². The fourth-order valence-corrected chi connectivity index (χ4v) is 4.99. The molecule has 2 saturated heterocycles. The van der Waals surface area contributed by atoms with E-state index in [0.29, 0.717) is 16.1 Å². The maximum Gasteiger partial charge on any atom is 0.166 e. The van der Waals surface area contributed by atoms with Crippen LogP contribution < -0.4 is 0 Å². The highest BCUT2D eigenvalue weighted by atomic mass is 32.2. The van der Waals surface area contributed by atoms with Gasteiger partial charge in [0.2, 0.25) is 0 Å². The Morgan fingerprint density at radius 2 is 1.94 bits per heavy atom. The van der Waals surface area contributed by atoms with Gasteiger partial charge in [-0.25, -0.2) is 4.39 Å². The normalized spacial score (nSPS) is 31.1. The van der Waals surface area contributed by atoms with Gasteiger partial charge in [-0.3, -0.25) is 4.79 Å². The molecule has 3 rings (SSSR count). The summed E-state index contributed by atoms with van der Waals surface area (Å²) in [6.45, 7) is 0. The van der Waals surface area contributed by atoms with Gasteiger partial charge in [-0.1, -0.05) is 18.6 Å². The van der Waals surface area contributed by atoms with E-state index in [0.717, 1.165) is 12.8 Å². The molecule has 96 valence electrons. The number of fused-ring (bicyclic) bond motifs is 2. The van der Waals surface area contributed by atoms with Crippen LogP contribution in [-0.4, -0.2) is 16.3 Å². The zero-order chi connectivity index (χ0) is 12.5. The van der Waals surface area contributed by atoms with Crippen molar-refractivity contribution in [2.75, 3.05) is 0 Å². The van der Waals surface area contributed by atoms with Gasteiger partial charge in [0.25, 0.3) is 0 Å². The Bertz CT molecular complexity index is 448. The van der Waals surface area contributed by atoms with Crippen LogP contribution in [0.5, 0.6) is 0 Å². The summed E-state index contributed by atoms with van der Waals surface area (Å²) < 4.78 is 13.2. The van der Waals surface area contributed by atoms with Crippen molar-refractivity contribution in [1.29, 1.82) is 0 Å². The van der Waals surface area contributed by atoms with Crippen molar-refractivity contribution in [3.63, 3.8) is 0 Å². The van der Waals surface area contributed by atoms with Crippen molar-refractivity contribution in [2.24, 2.45) is 5.92 Å². The summed E-state index contributed by atoms with van der Waals surface area (Å²) in [6, 6.07) is 6.13. The monoisotopic (exact) mass is 264 g/mol. The van der Waals surface area contributed by atoms with Crippen LogP contribution >= 0.6 is 11.8 Å². The molecule has 2 bridgehead atoms. The van der Waals surface area contributed by atoms with Crippen LogP contribution in [0.15, 0.2) is 24.3 Å². The predicted octanol–water partition coefficient (Wildman–Crippen LogP) is 4.07. The molecule has 2 heterocycles. The zero-order valence-corrected chi connectivity index (χ0v) is 11.1. The summed E-state index contributed by atoms with van der Waals surface area (Å²) in [6.07, 6.45) is 5.76. The topological polar surface area (TPSA) is 17.1 Å². The molecule has 2 fully saturated rings. The van der Waals surface area contributed by atoms with Gasteiger partial charge in [0, 0.05) is 22.0 Å². The Balaban J connectivity index is 1.76. The second kappa shape index (κ2) is 5.04. The molecule has 0 spiro atoms. The van der Waals surface area contributed by atoms with Gasteiger partial charge in [0.1, 0.15) is 5.82 Å². The van der Waals surface area contributed by atoms with Crippen LogP contribution in [0.2, 0.25) is 0 Å². The van der Waals surface area contributed by atoms with Crippen LogP contribution in [0.3, 0.4) is 0 Å². The molecule has 0 amide bonds. The molecule has 0 N–H and O–H groups in total. The lowest BCUT2D eigenvalue weighted by atomic mass is 9.84. The van der Waals surface area contributed by atoms with Gasteiger partial charge >= 0.3 is 0 Å². The molecule has 0 radical (unpaired) electrons. The van der Waals surface area contributed by atoms with Crippen LogP contribution in [-0.2, 0) is 0 Å². The summed E-state index contributed by atoms with van der Waals surface area (Å²) in [4.78, 5) is 12.4. The number of hydrogen-bond donors (Lipinski definition) is 0. The van der Waals surface area contributed by atoms with Gasteiger partial charge in [-0.15, -0.1) is 0 Å². The number of carbonyl (C=O) groups excluding carboxylic acids is 1. The van der Waals surface area contributed by atoms with Gasteiger partial charge in [-0.2, -0.15) is 11.8 Å². The standard InChI is InChI=1S/C15H17FOS/c16-12-4-1-3-10(7-12)15(17)11-8-13-5-2-6-14(9-11)18-13/h1,3-4,7,11,13-14H,2,5-6,8-9H2. The average Bonchev–Trinajstić information content (AvgIpc) is 2.37. The van der Waals surface area contributed by atoms with E-state index in [-0.39, 0.29) is 17.5 Å². The number of halogens is 1. The number of Topliss-reactive ketones (excluding diaryl/α,β-unsaturated/α-hetero) is 1. The Hall–Kier alpha value is -0.830. The maximum atomic E-state index is 13.2. The molecular weight excluding hydrogens is 247 g/mol. The summed E-state index contributed by atoms with van der Waals surface area (Å²) in [5.74, 6) is -0.0544. The third-order valence-electron chi connectivity index (χ3n) is 4.01. The Morgan fingerprint density at radius 3 is 2.61 bits per heavy atom. The summed E-state index contributed by atoms with van der Waals surface area (Å²) >= 11 is 2.07. The van der Waals surface area contributed by atoms with Crippen molar-refractivity contribution in [3.8, 4) is 0 Å². The Morgan fingerprint density at radius 1 is 1.22 bits per heavy atom. The highest BCUT2D eigenvalue weighted by Crippen LogP contribution is 2.44. The molecule has 0 saturated carbocycles. The molecule has 0 aliphatic carbocycles. The summed E-state index contributed by atoms with van der Waals surface area (Å²) in [7, 11) is 0.